The molecular weight excluding hydrogens is 358 g/mol. The lowest BCUT2D eigenvalue weighted by molar-refractivity contribution is -0.132. The zero-order valence-electron chi connectivity index (χ0n) is 15.0. The number of carboxylic acids is 1. The van der Waals surface area contributed by atoms with Gasteiger partial charge in [-0.15, -0.1) is 11.8 Å². The zero-order chi connectivity index (χ0) is 19.2. The molecule has 7 nitrogen and oxygen atoms in total. The number of aliphatic carboxylic acids is 1. The highest BCUT2D eigenvalue weighted by molar-refractivity contribution is 7.98. The van der Waals surface area contributed by atoms with Crippen LogP contribution in [-0.2, 0) is 19.0 Å². The summed E-state index contributed by atoms with van der Waals surface area (Å²) in [4.78, 5) is 23.3. The molecule has 0 aliphatic carbocycles. The van der Waals surface area contributed by atoms with E-state index in [1.54, 1.807) is 30.8 Å². The first-order valence-electron chi connectivity index (χ1n) is 8.16. The minimum atomic E-state index is -0.922. The number of hydrogen-bond acceptors (Lipinski definition) is 6. The first kappa shape index (κ1) is 22.0. The van der Waals surface area contributed by atoms with Crippen LogP contribution in [-0.4, -0.2) is 56.5 Å². The third-order valence-electron chi connectivity index (χ3n) is 3.20. The van der Waals surface area contributed by atoms with Crippen molar-refractivity contribution in [3.63, 3.8) is 0 Å². The number of nitrogens with one attached hydrogen (secondary N) is 1. The number of hydrogen-bond donors (Lipinski definition) is 2. The van der Waals surface area contributed by atoms with E-state index in [0.29, 0.717) is 37.5 Å². The molecule has 0 heterocycles. The van der Waals surface area contributed by atoms with Crippen molar-refractivity contribution in [3.05, 3.63) is 35.9 Å². The fraction of sp³-hybridized carbons (Fsp3) is 0.444. The van der Waals surface area contributed by atoms with E-state index in [0.717, 1.165) is 4.90 Å². The number of anilines is 1. The van der Waals surface area contributed by atoms with Crippen LogP contribution in [0.25, 0.3) is 0 Å². The fourth-order valence-electron chi connectivity index (χ4n) is 1.82. The van der Waals surface area contributed by atoms with Crippen molar-refractivity contribution < 1.29 is 28.9 Å². The second-order valence-electron chi connectivity index (χ2n) is 5.20. The number of carboxylic acid groups (broad SMARTS) is 1. The van der Waals surface area contributed by atoms with Crippen LogP contribution in [0.1, 0.15) is 13.3 Å². The predicted octanol–water partition coefficient (Wildman–Crippen LogP) is 3.41. The number of carbonyl (C=O) groups excluding carboxylic acids is 1. The van der Waals surface area contributed by atoms with Gasteiger partial charge in [-0.1, -0.05) is 12.1 Å². The smallest absolute Gasteiger partial charge is 0.411 e. The van der Waals surface area contributed by atoms with Crippen LogP contribution in [0.2, 0.25) is 0 Å². The van der Waals surface area contributed by atoms with Crippen LogP contribution >= 0.6 is 11.8 Å². The lowest BCUT2D eigenvalue weighted by Gasteiger charge is -2.08. The van der Waals surface area contributed by atoms with Gasteiger partial charge in [-0.25, -0.2) is 9.59 Å². The van der Waals surface area contributed by atoms with E-state index in [-0.39, 0.29) is 13.2 Å². The van der Waals surface area contributed by atoms with Crippen LogP contribution < -0.4 is 5.32 Å². The van der Waals surface area contributed by atoms with Crippen molar-refractivity contribution in [2.45, 2.75) is 18.2 Å². The molecule has 0 aliphatic heterocycles. The summed E-state index contributed by atoms with van der Waals surface area (Å²) in [6, 6.07) is 7.49. The molecule has 0 unspecified atom stereocenters. The quantitative estimate of drug-likeness (QED) is 0.324. The second-order valence-corrected chi connectivity index (χ2v) is 6.08. The standard InChI is InChI=1S/C18H25NO6S/c1-14(17(20)21)5-4-8-23-9-10-24-11-12-25-18(22)19-15-6-3-7-16(13-15)26-2/h3,5-7,13H,4,8-12H2,1-2H3,(H,19,22)(H,20,21). The van der Waals surface area contributed by atoms with E-state index in [4.69, 9.17) is 19.3 Å². The van der Waals surface area contributed by atoms with Gasteiger partial charge in [0.1, 0.15) is 6.61 Å². The van der Waals surface area contributed by atoms with Crippen molar-refractivity contribution in [1.82, 2.24) is 0 Å². The molecule has 0 saturated heterocycles. The Hall–Kier alpha value is -2.03. The van der Waals surface area contributed by atoms with Gasteiger partial charge >= 0.3 is 12.1 Å². The largest absolute Gasteiger partial charge is 0.478 e. The van der Waals surface area contributed by atoms with Crippen molar-refractivity contribution in [1.29, 1.82) is 0 Å². The average molecular weight is 383 g/mol. The zero-order valence-corrected chi connectivity index (χ0v) is 15.8. The van der Waals surface area contributed by atoms with E-state index in [1.807, 2.05) is 24.5 Å². The maximum absolute atomic E-state index is 11.7. The molecule has 0 atom stereocenters. The Labute approximate surface area is 157 Å². The number of benzene rings is 1. The van der Waals surface area contributed by atoms with Gasteiger partial charge in [0.25, 0.3) is 0 Å². The summed E-state index contributed by atoms with van der Waals surface area (Å²) in [5.41, 5.74) is 0.990. The van der Waals surface area contributed by atoms with Gasteiger partial charge in [0.2, 0.25) is 0 Å². The van der Waals surface area contributed by atoms with Gasteiger partial charge in [0.15, 0.2) is 0 Å². The highest BCUT2D eigenvalue weighted by atomic mass is 32.2. The molecule has 1 amide bonds. The molecule has 26 heavy (non-hydrogen) atoms. The maximum atomic E-state index is 11.7. The molecule has 1 aromatic rings. The molecule has 0 radical (unpaired) electrons. The Kier molecular flexibility index (Phi) is 11.2. The first-order chi connectivity index (χ1) is 12.5. The van der Waals surface area contributed by atoms with Gasteiger partial charge in [0.05, 0.1) is 26.4 Å². The van der Waals surface area contributed by atoms with Gasteiger partial charge in [-0.05, 0) is 37.8 Å². The molecule has 8 heteroatoms. The molecule has 1 rings (SSSR count). The molecule has 0 saturated carbocycles. The summed E-state index contributed by atoms with van der Waals surface area (Å²) < 4.78 is 15.6. The average Bonchev–Trinajstić information content (AvgIpc) is 2.63. The Morgan fingerprint density at radius 1 is 1.15 bits per heavy atom. The molecule has 1 aromatic carbocycles. The number of thioether (sulfide) groups is 1. The van der Waals surface area contributed by atoms with Crippen LogP contribution in [0.3, 0.4) is 0 Å². The van der Waals surface area contributed by atoms with Gasteiger partial charge in [-0.3, -0.25) is 5.32 Å². The van der Waals surface area contributed by atoms with E-state index in [9.17, 15) is 9.59 Å². The minimum absolute atomic E-state index is 0.147. The van der Waals surface area contributed by atoms with E-state index < -0.39 is 12.1 Å². The predicted molar refractivity (Wildman–Crippen MR) is 101 cm³/mol. The molecule has 144 valence electrons. The minimum Gasteiger partial charge on any atom is -0.478 e. The molecule has 0 spiro atoms. The number of carbonyl (C=O) groups is 2. The molecule has 0 aromatic heterocycles. The number of rotatable bonds is 12. The number of amides is 1. The van der Waals surface area contributed by atoms with Crippen molar-refractivity contribution >= 4 is 29.5 Å². The van der Waals surface area contributed by atoms with E-state index in [1.165, 1.54) is 0 Å². The highest BCUT2D eigenvalue weighted by Crippen LogP contribution is 2.18. The van der Waals surface area contributed by atoms with Crippen molar-refractivity contribution in [2.75, 3.05) is 44.6 Å². The normalized spacial score (nSPS) is 11.2. The van der Waals surface area contributed by atoms with Gasteiger partial charge in [-0.2, -0.15) is 0 Å². The molecule has 2 N–H and O–H groups in total. The van der Waals surface area contributed by atoms with Crippen LogP contribution in [0.5, 0.6) is 0 Å². The van der Waals surface area contributed by atoms with Gasteiger partial charge in [0, 0.05) is 16.2 Å². The molecule has 0 fully saturated rings. The summed E-state index contributed by atoms with van der Waals surface area (Å²) in [5.74, 6) is -0.922. The van der Waals surface area contributed by atoms with Crippen molar-refractivity contribution in [3.8, 4) is 0 Å². The third-order valence-corrected chi connectivity index (χ3v) is 3.92. The fourth-order valence-corrected chi connectivity index (χ4v) is 2.28. The Morgan fingerprint density at radius 3 is 2.54 bits per heavy atom. The third kappa shape index (κ3) is 10.1. The molecule has 0 aliphatic rings. The highest BCUT2D eigenvalue weighted by Gasteiger charge is 2.03. The summed E-state index contributed by atoms with van der Waals surface area (Å²) in [7, 11) is 0. The second kappa shape index (κ2) is 13.2. The summed E-state index contributed by atoms with van der Waals surface area (Å²) in [6.45, 7) is 3.17. The summed E-state index contributed by atoms with van der Waals surface area (Å²) >= 11 is 1.59. The Morgan fingerprint density at radius 2 is 1.85 bits per heavy atom. The lowest BCUT2D eigenvalue weighted by atomic mass is 10.2. The topological polar surface area (TPSA) is 94.1 Å². The monoisotopic (exact) mass is 383 g/mol. The SMILES string of the molecule is CSc1cccc(NC(=O)OCCOCCOCCC=C(C)C(=O)O)c1. The molecule has 0 bridgehead atoms. The van der Waals surface area contributed by atoms with E-state index in [2.05, 4.69) is 5.32 Å². The summed E-state index contributed by atoms with van der Waals surface area (Å²) in [5, 5.41) is 11.3. The first-order valence-corrected chi connectivity index (χ1v) is 9.38. The summed E-state index contributed by atoms with van der Waals surface area (Å²) in [6.07, 6.45) is 3.60. The maximum Gasteiger partial charge on any atom is 0.411 e. The van der Waals surface area contributed by atoms with Crippen molar-refractivity contribution in [2.24, 2.45) is 0 Å². The Balaban J connectivity index is 2.00. The lowest BCUT2D eigenvalue weighted by Crippen LogP contribution is -2.17. The van der Waals surface area contributed by atoms with Crippen LogP contribution in [0.15, 0.2) is 40.8 Å². The van der Waals surface area contributed by atoms with Crippen LogP contribution in [0.4, 0.5) is 10.5 Å². The van der Waals surface area contributed by atoms with E-state index >= 15 is 0 Å². The van der Waals surface area contributed by atoms with Crippen LogP contribution in [0, 0.1) is 0 Å². The molecular formula is C18H25NO6S. The van der Waals surface area contributed by atoms with Gasteiger partial charge < -0.3 is 19.3 Å². The number of ether oxygens (including phenoxy) is 3. The Bertz CT molecular complexity index is 605.